The van der Waals surface area contributed by atoms with Crippen LogP contribution in [0.2, 0.25) is 0 Å². The summed E-state index contributed by atoms with van der Waals surface area (Å²) in [6.07, 6.45) is 6.25. The van der Waals surface area contributed by atoms with Gasteiger partial charge in [0.05, 0.1) is 6.20 Å². The molecule has 2 heterocycles. The van der Waals surface area contributed by atoms with E-state index in [1.54, 1.807) is 12.4 Å². The first kappa shape index (κ1) is 9.16. The summed E-state index contributed by atoms with van der Waals surface area (Å²) in [5, 5.41) is 0. The number of fused-ring (bicyclic) bond motifs is 1. The van der Waals surface area contributed by atoms with Crippen LogP contribution in [-0.4, -0.2) is 35.6 Å². The molecular weight excluding hydrogens is 188 g/mol. The topological polar surface area (TPSA) is 25.4 Å². The normalized spacial score (nSPS) is 33.8. The van der Waals surface area contributed by atoms with Gasteiger partial charge in [-0.15, -0.1) is 0 Å². The van der Waals surface area contributed by atoms with Crippen LogP contribution in [0.5, 0.6) is 5.75 Å². The van der Waals surface area contributed by atoms with Gasteiger partial charge in [0.25, 0.3) is 0 Å². The summed E-state index contributed by atoms with van der Waals surface area (Å²) < 4.78 is 5.73. The van der Waals surface area contributed by atoms with Gasteiger partial charge < -0.3 is 4.74 Å². The van der Waals surface area contributed by atoms with Crippen molar-refractivity contribution >= 4 is 0 Å². The second-order valence-electron chi connectivity index (χ2n) is 4.62. The van der Waals surface area contributed by atoms with E-state index < -0.39 is 0 Å². The number of pyridine rings is 1. The number of aromatic nitrogens is 1. The Kier molecular flexibility index (Phi) is 2.13. The lowest BCUT2D eigenvalue weighted by Gasteiger charge is -2.22. The highest BCUT2D eigenvalue weighted by atomic mass is 16.5. The molecule has 15 heavy (non-hydrogen) atoms. The van der Waals surface area contributed by atoms with Gasteiger partial charge in [0.1, 0.15) is 12.4 Å². The number of ether oxygens (including phenoxy) is 1. The molecule has 1 aliphatic carbocycles. The average molecular weight is 204 g/mol. The Balaban J connectivity index is 1.54. The van der Waals surface area contributed by atoms with Crippen LogP contribution < -0.4 is 4.74 Å². The van der Waals surface area contributed by atoms with Crippen molar-refractivity contribution in [3.8, 4) is 5.75 Å². The van der Waals surface area contributed by atoms with Crippen LogP contribution in [0.1, 0.15) is 12.8 Å². The lowest BCUT2D eigenvalue weighted by atomic mass is 10.2. The summed E-state index contributed by atoms with van der Waals surface area (Å²) in [5.74, 6) is 1.84. The Morgan fingerprint density at radius 3 is 3.13 bits per heavy atom. The highest BCUT2D eigenvalue weighted by Crippen LogP contribution is 2.46. The molecule has 2 fully saturated rings. The summed E-state index contributed by atoms with van der Waals surface area (Å²) in [6.45, 7) is 0.801. The molecule has 80 valence electrons. The largest absolute Gasteiger partial charge is 0.490 e. The predicted molar refractivity (Wildman–Crippen MR) is 57.8 cm³/mol. The van der Waals surface area contributed by atoms with E-state index in [-0.39, 0.29) is 0 Å². The Morgan fingerprint density at radius 1 is 1.53 bits per heavy atom. The minimum Gasteiger partial charge on any atom is -0.490 e. The summed E-state index contributed by atoms with van der Waals surface area (Å²) in [7, 11) is 2.22. The lowest BCUT2D eigenvalue weighted by molar-refractivity contribution is 0.176. The third-order valence-electron chi connectivity index (χ3n) is 3.64. The van der Waals surface area contributed by atoms with Crippen LogP contribution in [0.25, 0.3) is 0 Å². The van der Waals surface area contributed by atoms with Gasteiger partial charge in [-0.1, -0.05) is 0 Å². The smallest absolute Gasteiger partial charge is 0.137 e. The third-order valence-corrected chi connectivity index (χ3v) is 3.64. The molecular formula is C12H16N2O. The van der Waals surface area contributed by atoms with E-state index in [0.717, 1.165) is 24.3 Å². The average Bonchev–Trinajstić information content (AvgIpc) is 2.98. The lowest BCUT2D eigenvalue weighted by Crippen LogP contribution is -2.33. The number of rotatable bonds is 3. The van der Waals surface area contributed by atoms with E-state index in [1.165, 1.54) is 12.8 Å². The SMILES string of the molecule is CN1C(COc2cccnc2)CC2CC21. The maximum absolute atomic E-state index is 5.73. The molecule has 0 N–H and O–H groups in total. The quantitative estimate of drug-likeness (QED) is 0.747. The van der Waals surface area contributed by atoms with Crippen LogP contribution >= 0.6 is 0 Å². The van der Waals surface area contributed by atoms with Crippen LogP contribution in [-0.2, 0) is 0 Å². The van der Waals surface area contributed by atoms with Gasteiger partial charge in [-0.2, -0.15) is 0 Å². The zero-order valence-corrected chi connectivity index (χ0v) is 8.97. The zero-order valence-electron chi connectivity index (χ0n) is 8.97. The van der Waals surface area contributed by atoms with Crippen LogP contribution in [0, 0.1) is 5.92 Å². The number of likely N-dealkylation sites (N-methyl/N-ethyl adjacent to an activating group) is 1. The van der Waals surface area contributed by atoms with E-state index in [9.17, 15) is 0 Å². The minimum absolute atomic E-state index is 0.606. The van der Waals surface area contributed by atoms with Crippen molar-refractivity contribution in [3.63, 3.8) is 0 Å². The van der Waals surface area contributed by atoms with E-state index in [2.05, 4.69) is 16.9 Å². The maximum Gasteiger partial charge on any atom is 0.137 e. The molecule has 1 aromatic rings. The maximum atomic E-state index is 5.73. The Morgan fingerprint density at radius 2 is 2.47 bits per heavy atom. The Bertz CT molecular complexity index is 341. The molecule has 1 aromatic heterocycles. The molecule has 1 saturated heterocycles. The van der Waals surface area contributed by atoms with E-state index in [0.29, 0.717) is 6.04 Å². The first-order valence-corrected chi connectivity index (χ1v) is 5.59. The number of piperidine rings is 1. The van der Waals surface area contributed by atoms with Gasteiger partial charge in [0.2, 0.25) is 0 Å². The number of likely N-dealkylation sites (tertiary alicyclic amines) is 1. The van der Waals surface area contributed by atoms with Crippen LogP contribution in [0.15, 0.2) is 24.5 Å². The molecule has 1 aliphatic heterocycles. The second kappa shape index (κ2) is 3.49. The van der Waals surface area contributed by atoms with Gasteiger partial charge in [0.15, 0.2) is 0 Å². The molecule has 0 bridgehead atoms. The van der Waals surface area contributed by atoms with Crippen molar-refractivity contribution in [2.75, 3.05) is 13.7 Å². The molecule has 3 atom stereocenters. The van der Waals surface area contributed by atoms with Gasteiger partial charge in [-0.05, 0) is 37.9 Å². The molecule has 3 nitrogen and oxygen atoms in total. The van der Waals surface area contributed by atoms with Crippen molar-refractivity contribution in [3.05, 3.63) is 24.5 Å². The third kappa shape index (κ3) is 1.72. The van der Waals surface area contributed by atoms with Gasteiger partial charge in [0, 0.05) is 18.3 Å². The molecule has 2 aliphatic rings. The molecule has 3 unspecified atom stereocenters. The Labute approximate surface area is 90.1 Å². The summed E-state index contributed by atoms with van der Waals surface area (Å²) in [4.78, 5) is 6.51. The highest BCUT2D eigenvalue weighted by Gasteiger charge is 2.50. The molecule has 0 spiro atoms. The summed E-state index contributed by atoms with van der Waals surface area (Å²) in [5.41, 5.74) is 0. The van der Waals surface area contributed by atoms with Gasteiger partial charge in [-0.3, -0.25) is 9.88 Å². The molecule has 3 heteroatoms. The standard InChI is InChI=1S/C12H16N2O/c1-14-10(5-9-6-12(9)14)8-15-11-3-2-4-13-7-11/h2-4,7,9-10,12H,5-6,8H2,1H3. The molecule has 1 saturated carbocycles. The Hall–Kier alpha value is -1.09. The first-order valence-electron chi connectivity index (χ1n) is 5.59. The van der Waals surface area contributed by atoms with E-state index in [4.69, 9.17) is 4.74 Å². The molecule has 0 aromatic carbocycles. The van der Waals surface area contributed by atoms with Gasteiger partial charge in [-0.25, -0.2) is 0 Å². The van der Waals surface area contributed by atoms with Gasteiger partial charge >= 0.3 is 0 Å². The summed E-state index contributed by atoms with van der Waals surface area (Å²) >= 11 is 0. The molecule has 0 amide bonds. The van der Waals surface area contributed by atoms with Crippen molar-refractivity contribution in [1.29, 1.82) is 0 Å². The molecule has 3 rings (SSSR count). The summed E-state index contributed by atoms with van der Waals surface area (Å²) in [6, 6.07) is 5.33. The van der Waals surface area contributed by atoms with Crippen molar-refractivity contribution < 1.29 is 4.74 Å². The first-order chi connectivity index (χ1) is 7.34. The fourth-order valence-corrected chi connectivity index (χ4v) is 2.58. The highest BCUT2D eigenvalue weighted by molar-refractivity contribution is 5.15. The minimum atomic E-state index is 0.606. The second-order valence-corrected chi connectivity index (χ2v) is 4.62. The van der Waals surface area contributed by atoms with Crippen LogP contribution in [0.4, 0.5) is 0 Å². The number of nitrogens with zero attached hydrogens (tertiary/aromatic N) is 2. The van der Waals surface area contributed by atoms with Crippen LogP contribution in [0.3, 0.4) is 0 Å². The predicted octanol–water partition coefficient (Wildman–Crippen LogP) is 1.55. The van der Waals surface area contributed by atoms with E-state index in [1.807, 2.05) is 12.1 Å². The number of hydrogen-bond donors (Lipinski definition) is 0. The fraction of sp³-hybridized carbons (Fsp3) is 0.583. The monoisotopic (exact) mass is 204 g/mol. The van der Waals surface area contributed by atoms with E-state index >= 15 is 0 Å². The van der Waals surface area contributed by atoms with Crippen molar-refractivity contribution in [2.45, 2.75) is 24.9 Å². The zero-order chi connectivity index (χ0) is 10.3. The molecule has 0 radical (unpaired) electrons. The number of hydrogen-bond acceptors (Lipinski definition) is 3. The fourth-order valence-electron chi connectivity index (χ4n) is 2.58. The van der Waals surface area contributed by atoms with Crippen molar-refractivity contribution in [1.82, 2.24) is 9.88 Å². The van der Waals surface area contributed by atoms with Crippen molar-refractivity contribution in [2.24, 2.45) is 5.92 Å².